The zero-order valence-electron chi connectivity index (χ0n) is 18.9. The molecule has 0 fully saturated rings. The van der Waals surface area contributed by atoms with Crippen LogP contribution < -0.4 is 10.6 Å². The lowest BCUT2D eigenvalue weighted by atomic mass is 10.0. The molecule has 0 aliphatic rings. The number of hydrogen-bond acceptors (Lipinski definition) is 2. The Bertz CT molecular complexity index is 1340. The second-order valence-corrected chi connectivity index (χ2v) is 8.15. The number of aryl methyl sites for hydroxylation is 2. The van der Waals surface area contributed by atoms with Gasteiger partial charge >= 0.3 is 0 Å². The van der Waals surface area contributed by atoms with E-state index in [0.717, 1.165) is 39.0 Å². The Kier molecular flexibility index (Phi) is 6.27. The Morgan fingerprint density at radius 1 is 0.970 bits per heavy atom. The van der Waals surface area contributed by atoms with Crippen molar-refractivity contribution in [3.63, 3.8) is 0 Å². The van der Waals surface area contributed by atoms with Gasteiger partial charge in [0.2, 0.25) is 5.91 Å². The van der Waals surface area contributed by atoms with Crippen molar-refractivity contribution >= 4 is 28.4 Å². The molecule has 4 rings (SSSR count). The molecule has 6 heteroatoms. The Labute approximate surface area is 192 Å². The quantitative estimate of drug-likeness (QED) is 0.367. The van der Waals surface area contributed by atoms with E-state index < -0.39 is 0 Å². The van der Waals surface area contributed by atoms with Gasteiger partial charge in [-0.05, 0) is 61.2 Å². The van der Waals surface area contributed by atoms with Crippen molar-refractivity contribution in [2.45, 2.75) is 27.2 Å². The van der Waals surface area contributed by atoms with Crippen LogP contribution in [-0.4, -0.2) is 23.3 Å². The second-order valence-electron chi connectivity index (χ2n) is 8.15. The van der Waals surface area contributed by atoms with Crippen LogP contribution in [-0.2, 0) is 11.2 Å². The number of amides is 2. The van der Waals surface area contributed by atoms with Crippen molar-refractivity contribution < 1.29 is 14.0 Å². The number of benzene rings is 3. The largest absolute Gasteiger partial charge is 0.356 e. The summed E-state index contributed by atoms with van der Waals surface area (Å²) in [5.41, 5.74) is 6.52. The Morgan fingerprint density at radius 2 is 1.70 bits per heavy atom. The van der Waals surface area contributed by atoms with Gasteiger partial charge in [-0.15, -0.1) is 0 Å². The van der Waals surface area contributed by atoms with Crippen LogP contribution in [0.25, 0.3) is 22.0 Å². The number of rotatable bonds is 6. The van der Waals surface area contributed by atoms with Crippen LogP contribution in [0.4, 0.5) is 10.1 Å². The number of para-hydroxylation sites is 1. The van der Waals surface area contributed by atoms with Crippen LogP contribution >= 0.6 is 0 Å². The molecule has 3 aromatic carbocycles. The van der Waals surface area contributed by atoms with Crippen LogP contribution in [0.2, 0.25) is 0 Å². The number of aromatic amines is 1. The highest BCUT2D eigenvalue weighted by Gasteiger charge is 2.14. The Balaban J connectivity index is 1.45. The summed E-state index contributed by atoms with van der Waals surface area (Å²) in [7, 11) is 0. The zero-order chi connectivity index (χ0) is 23.5. The van der Waals surface area contributed by atoms with E-state index in [2.05, 4.69) is 15.6 Å². The zero-order valence-corrected chi connectivity index (χ0v) is 18.9. The lowest BCUT2D eigenvalue weighted by Crippen LogP contribution is -2.25. The van der Waals surface area contributed by atoms with Crippen molar-refractivity contribution in [3.8, 4) is 11.1 Å². The average molecular weight is 444 g/mol. The van der Waals surface area contributed by atoms with Gasteiger partial charge in [0.15, 0.2) is 0 Å². The summed E-state index contributed by atoms with van der Waals surface area (Å²) < 4.78 is 14.2. The van der Waals surface area contributed by atoms with E-state index in [-0.39, 0.29) is 17.6 Å². The van der Waals surface area contributed by atoms with Gasteiger partial charge in [-0.25, -0.2) is 4.39 Å². The smallest absolute Gasteiger partial charge is 0.251 e. The topological polar surface area (TPSA) is 74.0 Å². The fourth-order valence-corrected chi connectivity index (χ4v) is 4.19. The van der Waals surface area contributed by atoms with Gasteiger partial charge in [-0.3, -0.25) is 9.59 Å². The highest BCUT2D eigenvalue weighted by molar-refractivity contribution is 5.96. The summed E-state index contributed by atoms with van der Waals surface area (Å²) in [6.07, 6.45) is 0.601. The van der Waals surface area contributed by atoms with Crippen molar-refractivity contribution in [2.75, 3.05) is 11.9 Å². The molecular weight excluding hydrogens is 417 g/mol. The Morgan fingerprint density at radius 3 is 2.42 bits per heavy atom. The number of anilines is 1. The fraction of sp³-hybridized carbons (Fsp3) is 0.185. The molecule has 0 unspecified atom stereocenters. The summed E-state index contributed by atoms with van der Waals surface area (Å²) >= 11 is 0. The van der Waals surface area contributed by atoms with E-state index in [9.17, 15) is 14.0 Å². The van der Waals surface area contributed by atoms with E-state index in [1.54, 1.807) is 18.2 Å². The molecular formula is C27H26FN3O2. The third-order valence-corrected chi connectivity index (χ3v) is 5.79. The fourth-order valence-electron chi connectivity index (χ4n) is 4.19. The molecule has 0 spiro atoms. The van der Waals surface area contributed by atoms with Crippen molar-refractivity contribution in [2.24, 2.45) is 0 Å². The minimum Gasteiger partial charge on any atom is -0.356 e. The molecule has 0 saturated carbocycles. The number of aromatic nitrogens is 1. The molecule has 33 heavy (non-hydrogen) atoms. The third-order valence-electron chi connectivity index (χ3n) is 5.79. The molecule has 5 nitrogen and oxygen atoms in total. The van der Waals surface area contributed by atoms with Gasteiger partial charge < -0.3 is 15.6 Å². The number of carbonyl (C=O) groups excluding carboxylic acids is 2. The van der Waals surface area contributed by atoms with E-state index in [1.807, 2.05) is 50.2 Å². The number of H-pyrrole nitrogens is 1. The molecule has 0 bridgehead atoms. The van der Waals surface area contributed by atoms with E-state index in [1.165, 1.54) is 13.0 Å². The van der Waals surface area contributed by atoms with Gasteiger partial charge in [0.25, 0.3) is 5.91 Å². The van der Waals surface area contributed by atoms with E-state index in [0.29, 0.717) is 24.0 Å². The summed E-state index contributed by atoms with van der Waals surface area (Å²) in [4.78, 5) is 27.3. The third kappa shape index (κ3) is 4.65. The van der Waals surface area contributed by atoms with E-state index in [4.69, 9.17) is 0 Å². The number of nitrogens with one attached hydrogen (secondary N) is 3. The number of hydrogen-bond donors (Lipinski definition) is 3. The summed E-state index contributed by atoms with van der Waals surface area (Å²) in [5.74, 6) is -0.576. The average Bonchev–Trinajstić information content (AvgIpc) is 3.14. The van der Waals surface area contributed by atoms with Gasteiger partial charge in [0.05, 0.1) is 5.52 Å². The van der Waals surface area contributed by atoms with Crippen molar-refractivity contribution in [3.05, 3.63) is 88.9 Å². The van der Waals surface area contributed by atoms with Gasteiger partial charge in [-0.1, -0.05) is 36.4 Å². The minimum atomic E-state index is -0.269. The number of fused-ring (bicyclic) bond motifs is 1. The van der Waals surface area contributed by atoms with E-state index >= 15 is 0 Å². The van der Waals surface area contributed by atoms with Gasteiger partial charge in [-0.2, -0.15) is 0 Å². The summed E-state index contributed by atoms with van der Waals surface area (Å²) in [6, 6.07) is 18.1. The first-order chi connectivity index (χ1) is 15.8. The van der Waals surface area contributed by atoms with Crippen molar-refractivity contribution in [1.29, 1.82) is 0 Å². The maximum Gasteiger partial charge on any atom is 0.251 e. The normalized spacial score (nSPS) is 10.9. The molecule has 1 heterocycles. The molecule has 168 valence electrons. The number of halogens is 1. The first-order valence-electron chi connectivity index (χ1n) is 10.9. The second kappa shape index (κ2) is 9.28. The first-order valence-corrected chi connectivity index (χ1v) is 10.9. The predicted molar refractivity (Wildman–Crippen MR) is 130 cm³/mol. The molecule has 0 aliphatic carbocycles. The molecule has 0 saturated heterocycles. The standard InChI is InChI=1S/C27H26FN3O2/c1-16-8-13-23(28)26-25(16)21(17(2)30-26)14-15-29-27(33)20-11-9-19(10-12-20)22-6-4-5-7-24(22)31-18(3)32/h4-13,30H,14-15H2,1-3H3,(H,29,33)(H,31,32). The molecule has 2 amide bonds. The molecule has 1 aromatic heterocycles. The Hall–Kier alpha value is -3.93. The minimum absolute atomic E-state index is 0.137. The molecule has 4 aromatic rings. The van der Waals surface area contributed by atoms with Crippen LogP contribution in [0.3, 0.4) is 0 Å². The van der Waals surface area contributed by atoms with Crippen molar-refractivity contribution in [1.82, 2.24) is 10.3 Å². The number of carbonyl (C=O) groups is 2. The first kappa shape index (κ1) is 22.3. The SMILES string of the molecule is CC(=O)Nc1ccccc1-c1ccc(C(=O)NCCc2c(C)[nH]c3c(F)ccc(C)c23)cc1. The van der Waals surface area contributed by atoms with Crippen LogP contribution in [0.1, 0.15) is 34.1 Å². The lowest BCUT2D eigenvalue weighted by molar-refractivity contribution is -0.114. The highest BCUT2D eigenvalue weighted by atomic mass is 19.1. The molecule has 0 aliphatic heterocycles. The maximum absolute atomic E-state index is 14.2. The summed E-state index contributed by atoms with van der Waals surface area (Å²) in [5, 5.41) is 6.68. The molecule has 0 radical (unpaired) electrons. The van der Waals surface area contributed by atoms with Crippen LogP contribution in [0.15, 0.2) is 60.7 Å². The lowest BCUT2D eigenvalue weighted by Gasteiger charge is -2.11. The van der Waals surface area contributed by atoms with Gasteiger partial charge in [0, 0.05) is 41.4 Å². The molecule has 3 N–H and O–H groups in total. The van der Waals surface area contributed by atoms with Crippen LogP contribution in [0, 0.1) is 19.7 Å². The monoisotopic (exact) mass is 443 g/mol. The predicted octanol–water partition coefficient (Wildman–Crippen LogP) is 5.52. The molecule has 0 atom stereocenters. The summed E-state index contributed by atoms with van der Waals surface area (Å²) in [6.45, 7) is 5.80. The maximum atomic E-state index is 14.2. The van der Waals surface area contributed by atoms with Crippen LogP contribution in [0.5, 0.6) is 0 Å². The highest BCUT2D eigenvalue weighted by Crippen LogP contribution is 2.29. The van der Waals surface area contributed by atoms with Gasteiger partial charge in [0.1, 0.15) is 5.82 Å².